The highest BCUT2D eigenvalue weighted by Gasteiger charge is 2.31. The zero-order valence-electron chi connectivity index (χ0n) is 13.4. The number of nitrogens with zero attached hydrogens (tertiary/aromatic N) is 2. The van der Waals surface area contributed by atoms with E-state index in [4.69, 9.17) is 9.47 Å². The third-order valence-corrected chi connectivity index (χ3v) is 4.00. The van der Waals surface area contributed by atoms with E-state index in [1.165, 1.54) is 7.11 Å². The van der Waals surface area contributed by atoms with Gasteiger partial charge < -0.3 is 14.4 Å². The number of morpholine rings is 1. The number of aromatic nitrogens is 1. The Morgan fingerprint density at radius 1 is 1.26 bits per heavy atom. The van der Waals surface area contributed by atoms with Crippen LogP contribution < -0.4 is 4.74 Å². The minimum atomic E-state index is -0.0940. The standard InChI is InChI=1S/C18H20N2O3/c1-13-8-9-15(17(19-13)22-2)18(21)20-10-11-23-12-16(20)14-6-4-3-5-7-14/h3-9,16H,10-12H2,1-2H3. The Hall–Kier alpha value is -2.40. The number of hydrogen-bond acceptors (Lipinski definition) is 4. The molecule has 120 valence electrons. The van der Waals surface area contributed by atoms with E-state index >= 15 is 0 Å². The first-order valence-electron chi connectivity index (χ1n) is 7.66. The van der Waals surface area contributed by atoms with Gasteiger partial charge in [-0.2, -0.15) is 0 Å². The Morgan fingerprint density at radius 3 is 2.78 bits per heavy atom. The van der Waals surface area contributed by atoms with Gasteiger partial charge in [0.1, 0.15) is 5.56 Å². The summed E-state index contributed by atoms with van der Waals surface area (Å²) >= 11 is 0. The molecule has 1 amide bonds. The van der Waals surface area contributed by atoms with E-state index < -0.39 is 0 Å². The lowest BCUT2D eigenvalue weighted by Crippen LogP contribution is -2.43. The van der Waals surface area contributed by atoms with Crippen molar-refractivity contribution in [1.29, 1.82) is 0 Å². The highest BCUT2D eigenvalue weighted by Crippen LogP contribution is 2.28. The van der Waals surface area contributed by atoms with E-state index in [0.29, 0.717) is 31.2 Å². The van der Waals surface area contributed by atoms with Crippen LogP contribution in [0.4, 0.5) is 0 Å². The average molecular weight is 312 g/mol. The molecule has 2 heterocycles. The van der Waals surface area contributed by atoms with Crippen molar-refractivity contribution in [3.8, 4) is 5.88 Å². The number of carbonyl (C=O) groups excluding carboxylic acids is 1. The summed E-state index contributed by atoms with van der Waals surface area (Å²) in [5.74, 6) is 0.291. The zero-order valence-corrected chi connectivity index (χ0v) is 13.4. The van der Waals surface area contributed by atoms with Crippen molar-refractivity contribution in [2.45, 2.75) is 13.0 Å². The number of hydrogen-bond donors (Lipinski definition) is 0. The van der Waals surface area contributed by atoms with Crippen molar-refractivity contribution < 1.29 is 14.3 Å². The third-order valence-electron chi connectivity index (χ3n) is 4.00. The Bertz CT molecular complexity index is 688. The molecule has 1 atom stereocenters. The maximum atomic E-state index is 13.0. The van der Waals surface area contributed by atoms with Crippen LogP contribution in [0.15, 0.2) is 42.5 Å². The smallest absolute Gasteiger partial charge is 0.260 e. The maximum Gasteiger partial charge on any atom is 0.260 e. The molecule has 5 nitrogen and oxygen atoms in total. The SMILES string of the molecule is COc1nc(C)ccc1C(=O)N1CCOCC1c1ccccc1. The van der Waals surface area contributed by atoms with Crippen LogP contribution in [-0.2, 0) is 4.74 Å². The number of pyridine rings is 1. The van der Waals surface area contributed by atoms with Crippen molar-refractivity contribution in [1.82, 2.24) is 9.88 Å². The average Bonchev–Trinajstić information content (AvgIpc) is 2.61. The second-order valence-corrected chi connectivity index (χ2v) is 5.51. The lowest BCUT2D eigenvalue weighted by atomic mass is 10.0. The summed E-state index contributed by atoms with van der Waals surface area (Å²) in [6, 6.07) is 13.5. The molecule has 1 aromatic carbocycles. The van der Waals surface area contributed by atoms with Crippen molar-refractivity contribution in [2.24, 2.45) is 0 Å². The Balaban J connectivity index is 1.93. The van der Waals surface area contributed by atoms with Gasteiger partial charge in [-0.1, -0.05) is 30.3 Å². The summed E-state index contributed by atoms with van der Waals surface area (Å²) in [5.41, 5.74) is 2.38. The monoisotopic (exact) mass is 312 g/mol. The number of methoxy groups -OCH3 is 1. The molecular weight excluding hydrogens is 292 g/mol. The molecule has 0 saturated carbocycles. The molecule has 23 heavy (non-hydrogen) atoms. The van der Waals surface area contributed by atoms with Crippen molar-refractivity contribution in [2.75, 3.05) is 26.9 Å². The topological polar surface area (TPSA) is 51.7 Å². The minimum absolute atomic E-state index is 0.0773. The molecule has 0 bridgehead atoms. The highest BCUT2D eigenvalue weighted by atomic mass is 16.5. The summed E-state index contributed by atoms with van der Waals surface area (Å²) in [6.07, 6.45) is 0. The highest BCUT2D eigenvalue weighted by molar-refractivity contribution is 5.96. The number of amides is 1. The van der Waals surface area contributed by atoms with Gasteiger partial charge in [-0.05, 0) is 24.6 Å². The molecular formula is C18H20N2O3. The molecule has 3 rings (SSSR count). The zero-order chi connectivity index (χ0) is 16.2. The van der Waals surface area contributed by atoms with Gasteiger partial charge in [-0.15, -0.1) is 0 Å². The molecule has 0 radical (unpaired) electrons. The predicted molar refractivity (Wildman–Crippen MR) is 86.6 cm³/mol. The first-order chi connectivity index (χ1) is 11.2. The lowest BCUT2D eigenvalue weighted by Gasteiger charge is -2.36. The van der Waals surface area contributed by atoms with Gasteiger partial charge in [0.2, 0.25) is 5.88 Å². The van der Waals surface area contributed by atoms with E-state index in [1.807, 2.05) is 48.2 Å². The molecule has 0 N–H and O–H groups in total. The molecule has 2 aromatic rings. The van der Waals surface area contributed by atoms with Gasteiger partial charge >= 0.3 is 0 Å². The summed E-state index contributed by atoms with van der Waals surface area (Å²) in [6.45, 7) is 3.46. The fourth-order valence-electron chi connectivity index (χ4n) is 2.80. The normalized spacial score (nSPS) is 17.8. The molecule has 1 unspecified atom stereocenters. The van der Waals surface area contributed by atoms with Gasteiger partial charge in [0, 0.05) is 12.2 Å². The Morgan fingerprint density at radius 2 is 2.04 bits per heavy atom. The van der Waals surface area contributed by atoms with Gasteiger partial charge in [0.25, 0.3) is 5.91 Å². The van der Waals surface area contributed by atoms with Crippen molar-refractivity contribution >= 4 is 5.91 Å². The lowest BCUT2D eigenvalue weighted by molar-refractivity contribution is -0.00288. The summed E-state index contributed by atoms with van der Waals surface area (Å²) < 4.78 is 10.9. The fourth-order valence-corrected chi connectivity index (χ4v) is 2.80. The molecule has 0 spiro atoms. The quantitative estimate of drug-likeness (QED) is 0.874. The predicted octanol–water partition coefficient (Wildman–Crippen LogP) is 2.61. The second-order valence-electron chi connectivity index (χ2n) is 5.51. The number of ether oxygens (including phenoxy) is 2. The van der Waals surface area contributed by atoms with Crippen LogP contribution in [0.5, 0.6) is 5.88 Å². The van der Waals surface area contributed by atoms with Crippen LogP contribution in [-0.4, -0.2) is 42.7 Å². The van der Waals surface area contributed by atoms with Crippen LogP contribution in [0, 0.1) is 6.92 Å². The van der Waals surface area contributed by atoms with E-state index in [-0.39, 0.29) is 11.9 Å². The fraction of sp³-hybridized carbons (Fsp3) is 0.333. The Labute approximate surface area is 135 Å². The van der Waals surface area contributed by atoms with E-state index in [2.05, 4.69) is 4.98 Å². The van der Waals surface area contributed by atoms with Gasteiger partial charge in [0.05, 0.1) is 26.4 Å². The first-order valence-corrected chi connectivity index (χ1v) is 7.66. The Kier molecular flexibility index (Phi) is 4.57. The number of carbonyl (C=O) groups is 1. The molecule has 5 heteroatoms. The van der Waals surface area contributed by atoms with Crippen molar-refractivity contribution in [3.05, 3.63) is 59.3 Å². The van der Waals surface area contributed by atoms with Crippen molar-refractivity contribution in [3.63, 3.8) is 0 Å². The summed E-state index contributed by atoms with van der Waals surface area (Å²) in [4.78, 5) is 19.2. The van der Waals surface area contributed by atoms with Gasteiger partial charge in [-0.3, -0.25) is 4.79 Å². The van der Waals surface area contributed by atoms with E-state index in [0.717, 1.165) is 11.3 Å². The second kappa shape index (κ2) is 6.79. The molecule has 1 aliphatic rings. The third kappa shape index (κ3) is 3.19. The molecule has 0 aliphatic carbocycles. The van der Waals surface area contributed by atoms with Crippen LogP contribution in [0.1, 0.15) is 27.7 Å². The first kappa shape index (κ1) is 15.5. The number of aryl methyl sites for hydroxylation is 1. The van der Waals surface area contributed by atoms with Gasteiger partial charge in [0.15, 0.2) is 0 Å². The van der Waals surface area contributed by atoms with Crippen LogP contribution >= 0.6 is 0 Å². The molecule has 1 aliphatic heterocycles. The van der Waals surface area contributed by atoms with E-state index in [9.17, 15) is 4.79 Å². The largest absolute Gasteiger partial charge is 0.480 e. The number of benzene rings is 1. The maximum absolute atomic E-state index is 13.0. The van der Waals surface area contributed by atoms with Crippen LogP contribution in [0.25, 0.3) is 0 Å². The molecule has 1 saturated heterocycles. The minimum Gasteiger partial charge on any atom is -0.480 e. The van der Waals surface area contributed by atoms with E-state index in [1.54, 1.807) is 6.07 Å². The van der Waals surface area contributed by atoms with Gasteiger partial charge in [-0.25, -0.2) is 4.98 Å². The molecule has 1 aromatic heterocycles. The number of rotatable bonds is 3. The summed E-state index contributed by atoms with van der Waals surface area (Å²) in [7, 11) is 1.53. The molecule has 1 fully saturated rings. The van der Waals surface area contributed by atoms with Crippen LogP contribution in [0.2, 0.25) is 0 Å². The summed E-state index contributed by atoms with van der Waals surface area (Å²) in [5, 5.41) is 0. The van der Waals surface area contributed by atoms with Crippen LogP contribution in [0.3, 0.4) is 0 Å².